The summed E-state index contributed by atoms with van der Waals surface area (Å²) in [5.41, 5.74) is 4.26. The van der Waals surface area contributed by atoms with Gasteiger partial charge in [0.2, 0.25) is 6.41 Å². The Morgan fingerprint density at radius 2 is 1.96 bits per heavy atom. The van der Waals surface area contributed by atoms with Crippen LogP contribution < -0.4 is 0 Å². The van der Waals surface area contributed by atoms with Crippen LogP contribution in [0, 0.1) is 6.92 Å². The Labute approximate surface area is 146 Å². The zero-order chi connectivity index (χ0) is 17.4. The average molecular weight is 336 g/mol. The molecular weight excluding hydrogens is 316 g/mol. The number of likely N-dealkylation sites (tertiary alicyclic amines) is 1. The lowest BCUT2D eigenvalue weighted by Crippen LogP contribution is -2.50. The number of benzene rings is 1. The second-order valence-electron chi connectivity index (χ2n) is 7.01. The quantitative estimate of drug-likeness (QED) is 0.625. The summed E-state index contributed by atoms with van der Waals surface area (Å²) < 4.78 is 5.85. The fourth-order valence-corrected chi connectivity index (χ4v) is 3.76. The van der Waals surface area contributed by atoms with E-state index in [-0.39, 0.29) is 5.97 Å². The van der Waals surface area contributed by atoms with Crippen molar-refractivity contribution in [3.8, 4) is 11.1 Å². The first kappa shape index (κ1) is 15.8. The summed E-state index contributed by atoms with van der Waals surface area (Å²) in [7, 11) is 0. The Hall–Kier alpha value is -2.69. The van der Waals surface area contributed by atoms with Crippen LogP contribution in [0.5, 0.6) is 0 Å². The van der Waals surface area contributed by atoms with E-state index in [0.717, 1.165) is 28.7 Å². The normalized spacial score (nSPS) is 18.6. The highest BCUT2D eigenvalue weighted by Gasteiger charge is 2.42. The third-order valence-electron chi connectivity index (χ3n) is 5.22. The first-order chi connectivity index (χ1) is 12.1. The van der Waals surface area contributed by atoms with Crippen LogP contribution in [0.25, 0.3) is 11.1 Å². The average Bonchev–Trinajstić information content (AvgIpc) is 2.62. The maximum Gasteiger partial charge on any atom is 0.338 e. The van der Waals surface area contributed by atoms with Crippen molar-refractivity contribution in [1.82, 2.24) is 9.88 Å². The maximum absolute atomic E-state index is 12.6. The molecule has 2 aliphatic rings. The zero-order valence-corrected chi connectivity index (χ0v) is 14.2. The van der Waals surface area contributed by atoms with E-state index in [0.29, 0.717) is 37.9 Å². The Kier molecular flexibility index (Phi) is 3.79. The molecule has 128 valence electrons. The second-order valence-corrected chi connectivity index (χ2v) is 7.01. The first-order valence-corrected chi connectivity index (χ1v) is 8.56. The summed E-state index contributed by atoms with van der Waals surface area (Å²) in [6.07, 6.45) is 6.59. The van der Waals surface area contributed by atoms with Crippen molar-refractivity contribution < 1.29 is 14.3 Å². The molecule has 0 atom stereocenters. The number of amides is 1. The molecule has 0 bridgehead atoms. The number of carbonyl (C=O) groups is 2. The van der Waals surface area contributed by atoms with E-state index in [1.165, 1.54) is 0 Å². The number of rotatable bonds is 2. The van der Waals surface area contributed by atoms with Gasteiger partial charge in [0.1, 0.15) is 5.60 Å². The minimum Gasteiger partial charge on any atom is -0.455 e. The molecule has 0 radical (unpaired) electrons. The van der Waals surface area contributed by atoms with E-state index in [4.69, 9.17) is 4.74 Å². The molecule has 1 spiro atoms. The van der Waals surface area contributed by atoms with E-state index in [1.54, 1.807) is 11.1 Å². The number of esters is 1. The van der Waals surface area contributed by atoms with Gasteiger partial charge >= 0.3 is 5.97 Å². The molecule has 3 heterocycles. The molecular formula is C20H20N2O3. The Balaban J connectivity index is 1.64. The highest BCUT2D eigenvalue weighted by Crippen LogP contribution is 2.37. The van der Waals surface area contributed by atoms with Gasteiger partial charge in [0.25, 0.3) is 0 Å². The van der Waals surface area contributed by atoms with E-state index in [9.17, 15) is 9.59 Å². The number of hydrogen-bond acceptors (Lipinski definition) is 4. The van der Waals surface area contributed by atoms with Gasteiger partial charge in [0.15, 0.2) is 0 Å². The molecule has 1 fully saturated rings. The Bertz CT molecular complexity index is 839. The molecule has 2 aromatic rings. The van der Waals surface area contributed by atoms with Crippen molar-refractivity contribution in [2.75, 3.05) is 13.1 Å². The predicted molar refractivity (Wildman–Crippen MR) is 93.1 cm³/mol. The minimum absolute atomic E-state index is 0.261. The molecule has 1 aromatic heterocycles. The molecule has 1 aromatic carbocycles. The van der Waals surface area contributed by atoms with Crippen molar-refractivity contribution in [1.29, 1.82) is 0 Å². The maximum atomic E-state index is 12.6. The molecule has 5 heteroatoms. The van der Waals surface area contributed by atoms with Crippen LogP contribution in [-0.2, 0) is 16.0 Å². The van der Waals surface area contributed by atoms with Crippen molar-refractivity contribution in [3.63, 3.8) is 0 Å². The number of carbonyl (C=O) groups excluding carboxylic acids is 2. The topological polar surface area (TPSA) is 59.5 Å². The Morgan fingerprint density at radius 3 is 2.68 bits per heavy atom. The monoisotopic (exact) mass is 336 g/mol. The minimum atomic E-state index is -0.462. The third-order valence-corrected chi connectivity index (χ3v) is 5.22. The molecule has 0 aliphatic carbocycles. The molecule has 0 N–H and O–H groups in total. The van der Waals surface area contributed by atoms with Crippen molar-refractivity contribution in [2.24, 2.45) is 0 Å². The van der Waals surface area contributed by atoms with Gasteiger partial charge in [0.05, 0.1) is 5.56 Å². The van der Waals surface area contributed by atoms with Crippen LogP contribution in [0.15, 0.2) is 36.7 Å². The third kappa shape index (κ3) is 2.90. The number of hydrogen-bond donors (Lipinski definition) is 0. The molecule has 5 nitrogen and oxygen atoms in total. The predicted octanol–water partition coefficient (Wildman–Crippen LogP) is 2.76. The van der Waals surface area contributed by atoms with Crippen LogP contribution >= 0.6 is 0 Å². The van der Waals surface area contributed by atoms with Crippen molar-refractivity contribution in [3.05, 3.63) is 53.3 Å². The SMILES string of the molecule is Cc1cncc(-c2ccc3c(c2)C(=O)OC2(CCN(C=O)CC2)C3)c1. The van der Waals surface area contributed by atoms with Crippen LogP contribution in [0.2, 0.25) is 0 Å². The van der Waals surface area contributed by atoms with Crippen molar-refractivity contribution >= 4 is 12.4 Å². The summed E-state index contributed by atoms with van der Waals surface area (Å²) in [6.45, 7) is 3.27. The van der Waals surface area contributed by atoms with Crippen LogP contribution in [0.4, 0.5) is 0 Å². The lowest BCUT2D eigenvalue weighted by atomic mass is 9.81. The molecule has 25 heavy (non-hydrogen) atoms. The molecule has 2 aliphatic heterocycles. The first-order valence-electron chi connectivity index (χ1n) is 8.56. The lowest BCUT2D eigenvalue weighted by molar-refractivity contribution is -0.122. The van der Waals surface area contributed by atoms with Gasteiger partial charge < -0.3 is 9.64 Å². The summed E-state index contributed by atoms with van der Waals surface area (Å²) in [5.74, 6) is -0.261. The Morgan fingerprint density at radius 1 is 1.16 bits per heavy atom. The van der Waals surface area contributed by atoms with Gasteiger partial charge in [-0.3, -0.25) is 9.78 Å². The molecule has 1 saturated heterocycles. The molecule has 1 amide bonds. The summed E-state index contributed by atoms with van der Waals surface area (Å²) >= 11 is 0. The van der Waals surface area contributed by atoms with E-state index < -0.39 is 5.60 Å². The fraction of sp³-hybridized carbons (Fsp3) is 0.350. The summed E-state index contributed by atoms with van der Waals surface area (Å²) in [5, 5.41) is 0. The fourth-order valence-electron chi connectivity index (χ4n) is 3.76. The summed E-state index contributed by atoms with van der Waals surface area (Å²) in [6, 6.07) is 8.03. The zero-order valence-electron chi connectivity index (χ0n) is 14.2. The van der Waals surface area contributed by atoms with Crippen LogP contribution in [-0.4, -0.2) is 41.0 Å². The van der Waals surface area contributed by atoms with Gasteiger partial charge in [-0.1, -0.05) is 12.1 Å². The van der Waals surface area contributed by atoms with Gasteiger partial charge in [-0.25, -0.2) is 4.79 Å². The number of pyridine rings is 1. The molecule has 0 saturated carbocycles. The number of nitrogens with zero attached hydrogens (tertiary/aromatic N) is 2. The summed E-state index contributed by atoms with van der Waals surface area (Å²) in [4.78, 5) is 29.5. The van der Waals surface area contributed by atoms with E-state index in [1.807, 2.05) is 31.3 Å². The number of fused-ring (bicyclic) bond motifs is 1. The highest BCUT2D eigenvalue weighted by molar-refractivity contribution is 5.94. The molecule has 0 unspecified atom stereocenters. The number of piperidine rings is 1. The second kappa shape index (κ2) is 5.99. The van der Waals surface area contributed by atoms with E-state index >= 15 is 0 Å². The van der Waals surface area contributed by atoms with Crippen LogP contribution in [0.1, 0.15) is 34.3 Å². The molecule has 4 rings (SSSR count). The van der Waals surface area contributed by atoms with Gasteiger partial charge in [0, 0.05) is 50.3 Å². The smallest absolute Gasteiger partial charge is 0.338 e. The van der Waals surface area contributed by atoms with Crippen molar-refractivity contribution in [2.45, 2.75) is 31.8 Å². The number of aromatic nitrogens is 1. The van der Waals surface area contributed by atoms with Crippen LogP contribution in [0.3, 0.4) is 0 Å². The highest BCUT2D eigenvalue weighted by atomic mass is 16.6. The number of ether oxygens (including phenoxy) is 1. The standard InChI is InChI=1S/C20H20N2O3/c1-14-8-17(12-21-11-14)15-2-3-16-10-20(25-19(24)18(16)9-15)4-6-22(13-23)7-5-20/h2-3,8-9,11-13H,4-7,10H2,1H3. The van der Waals surface area contributed by atoms with Gasteiger partial charge in [-0.05, 0) is 35.7 Å². The van der Waals surface area contributed by atoms with Gasteiger partial charge in [-0.2, -0.15) is 0 Å². The largest absolute Gasteiger partial charge is 0.455 e. The number of aryl methyl sites for hydroxylation is 1. The van der Waals surface area contributed by atoms with E-state index in [2.05, 4.69) is 11.1 Å². The lowest BCUT2D eigenvalue weighted by Gasteiger charge is -2.42. The van der Waals surface area contributed by atoms with Gasteiger partial charge in [-0.15, -0.1) is 0 Å².